The van der Waals surface area contributed by atoms with Crippen molar-refractivity contribution in [2.75, 3.05) is 5.32 Å². The van der Waals surface area contributed by atoms with Gasteiger partial charge in [0.05, 0.1) is 17.2 Å². The summed E-state index contributed by atoms with van der Waals surface area (Å²) in [5, 5.41) is 11.6. The standard InChI is InChI=1S/C14H17F3N2/c1-9(2)6-10(3)19-13-5-4-11(8-18)7-12(13)14(15,16)17/h4-5,7,9-10,19H,6H2,1-3H3. The highest BCUT2D eigenvalue weighted by atomic mass is 19.4. The molecule has 0 saturated heterocycles. The Bertz CT molecular complexity index is 473. The van der Waals surface area contributed by atoms with Gasteiger partial charge in [-0.2, -0.15) is 18.4 Å². The second-order valence-corrected chi connectivity index (χ2v) is 5.04. The van der Waals surface area contributed by atoms with Gasteiger partial charge in [0.15, 0.2) is 0 Å². The minimum atomic E-state index is -4.47. The molecule has 1 atom stereocenters. The monoisotopic (exact) mass is 270 g/mol. The number of halogens is 3. The molecule has 104 valence electrons. The van der Waals surface area contributed by atoms with Crippen molar-refractivity contribution in [2.24, 2.45) is 5.92 Å². The van der Waals surface area contributed by atoms with Crippen molar-refractivity contribution in [1.82, 2.24) is 0 Å². The number of benzene rings is 1. The molecule has 1 unspecified atom stereocenters. The van der Waals surface area contributed by atoms with Crippen molar-refractivity contribution in [3.05, 3.63) is 29.3 Å². The fraction of sp³-hybridized carbons (Fsp3) is 0.500. The van der Waals surface area contributed by atoms with E-state index in [2.05, 4.69) is 5.32 Å². The molecule has 0 aliphatic rings. The van der Waals surface area contributed by atoms with E-state index in [1.165, 1.54) is 12.1 Å². The Morgan fingerprint density at radius 2 is 1.89 bits per heavy atom. The molecule has 0 amide bonds. The van der Waals surface area contributed by atoms with E-state index in [9.17, 15) is 13.2 Å². The summed E-state index contributed by atoms with van der Waals surface area (Å²) in [5.74, 6) is 0.398. The Morgan fingerprint density at radius 3 is 2.37 bits per heavy atom. The summed E-state index contributed by atoms with van der Waals surface area (Å²) in [5.41, 5.74) is -0.754. The van der Waals surface area contributed by atoms with Gasteiger partial charge in [-0.1, -0.05) is 13.8 Å². The zero-order chi connectivity index (χ0) is 14.6. The van der Waals surface area contributed by atoms with Gasteiger partial charge in [0.2, 0.25) is 0 Å². The van der Waals surface area contributed by atoms with Gasteiger partial charge in [-0.3, -0.25) is 0 Å². The van der Waals surface area contributed by atoms with Gasteiger partial charge in [0.25, 0.3) is 0 Å². The Kier molecular flexibility index (Phi) is 4.82. The molecule has 19 heavy (non-hydrogen) atoms. The minimum Gasteiger partial charge on any atom is -0.382 e. The first-order chi connectivity index (χ1) is 8.74. The van der Waals surface area contributed by atoms with Gasteiger partial charge in [-0.15, -0.1) is 0 Å². The molecule has 0 aliphatic heterocycles. The van der Waals surface area contributed by atoms with E-state index < -0.39 is 11.7 Å². The Labute approximate surface area is 111 Å². The Balaban J connectivity index is 3.04. The van der Waals surface area contributed by atoms with Crippen molar-refractivity contribution < 1.29 is 13.2 Å². The lowest BCUT2D eigenvalue weighted by Gasteiger charge is -2.20. The van der Waals surface area contributed by atoms with E-state index in [4.69, 9.17) is 5.26 Å². The number of alkyl halides is 3. The van der Waals surface area contributed by atoms with Crippen LogP contribution in [0.5, 0.6) is 0 Å². The number of anilines is 1. The number of rotatable bonds is 4. The molecule has 0 spiro atoms. The largest absolute Gasteiger partial charge is 0.418 e. The maximum absolute atomic E-state index is 12.9. The lowest BCUT2D eigenvalue weighted by molar-refractivity contribution is -0.137. The third-order valence-corrected chi connectivity index (χ3v) is 2.68. The van der Waals surface area contributed by atoms with Gasteiger partial charge in [0.1, 0.15) is 0 Å². The third kappa shape index (κ3) is 4.47. The molecule has 5 heteroatoms. The average molecular weight is 270 g/mol. The van der Waals surface area contributed by atoms with Gasteiger partial charge in [-0.25, -0.2) is 0 Å². The first-order valence-corrected chi connectivity index (χ1v) is 6.12. The minimum absolute atomic E-state index is 0.00869. The molecule has 0 aliphatic carbocycles. The molecule has 0 saturated carbocycles. The molecule has 0 fully saturated rings. The number of nitrogens with zero attached hydrogens (tertiary/aromatic N) is 1. The van der Waals surface area contributed by atoms with E-state index in [1.807, 2.05) is 20.8 Å². The molecule has 0 radical (unpaired) electrons. The molecule has 1 aromatic rings. The topological polar surface area (TPSA) is 35.8 Å². The van der Waals surface area contributed by atoms with E-state index in [0.29, 0.717) is 5.92 Å². The predicted molar refractivity (Wildman–Crippen MR) is 68.7 cm³/mol. The first-order valence-electron chi connectivity index (χ1n) is 6.12. The molecule has 2 nitrogen and oxygen atoms in total. The Morgan fingerprint density at radius 1 is 1.26 bits per heavy atom. The van der Waals surface area contributed by atoms with Crippen LogP contribution in [0.15, 0.2) is 18.2 Å². The SMILES string of the molecule is CC(C)CC(C)Nc1ccc(C#N)cc1C(F)(F)F. The highest BCUT2D eigenvalue weighted by Gasteiger charge is 2.34. The lowest BCUT2D eigenvalue weighted by atomic mass is 10.0. The van der Waals surface area contributed by atoms with Crippen molar-refractivity contribution in [3.63, 3.8) is 0 Å². The highest BCUT2D eigenvalue weighted by Crippen LogP contribution is 2.35. The molecular formula is C14H17F3N2. The van der Waals surface area contributed by atoms with E-state index in [-0.39, 0.29) is 17.3 Å². The zero-order valence-corrected chi connectivity index (χ0v) is 11.2. The van der Waals surface area contributed by atoms with Crippen LogP contribution in [-0.4, -0.2) is 6.04 Å². The quantitative estimate of drug-likeness (QED) is 0.878. The van der Waals surface area contributed by atoms with Crippen molar-refractivity contribution >= 4 is 5.69 Å². The smallest absolute Gasteiger partial charge is 0.382 e. The van der Waals surface area contributed by atoms with Crippen LogP contribution in [0.2, 0.25) is 0 Å². The van der Waals surface area contributed by atoms with E-state index in [0.717, 1.165) is 12.5 Å². The van der Waals surface area contributed by atoms with Crippen LogP contribution in [0.25, 0.3) is 0 Å². The summed E-state index contributed by atoms with van der Waals surface area (Å²) in [6, 6.07) is 5.25. The maximum atomic E-state index is 12.9. The fourth-order valence-electron chi connectivity index (χ4n) is 2.01. The molecule has 0 aromatic heterocycles. The van der Waals surface area contributed by atoms with Gasteiger partial charge < -0.3 is 5.32 Å². The number of hydrogen-bond acceptors (Lipinski definition) is 2. The maximum Gasteiger partial charge on any atom is 0.418 e. The number of nitriles is 1. The van der Waals surface area contributed by atoms with Crippen LogP contribution in [0.1, 0.15) is 38.3 Å². The van der Waals surface area contributed by atoms with Gasteiger partial charge in [0, 0.05) is 11.7 Å². The van der Waals surface area contributed by atoms with Crippen LogP contribution >= 0.6 is 0 Å². The molecule has 1 aromatic carbocycles. The second-order valence-electron chi connectivity index (χ2n) is 5.04. The van der Waals surface area contributed by atoms with Gasteiger partial charge >= 0.3 is 6.18 Å². The highest BCUT2D eigenvalue weighted by molar-refractivity contribution is 5.56. The summed E-state index contributed by atoms with van der Waals surface area (Å²) < 4.78 is 38.8. The van der Waals surface area contributed by atoms with E-state index >= 15 is 0 Å². The Hall–Kier alpha value is -1.70. The number of nitrogens with one attached hydrogen (secondary N) is 1. The molecule has 0 bridgehead atoms. The van der Waals surface area contributed by atoms with Crippen molar-refractivity contribution in [1.29, 1.82) is 5.26 Å². The number of hydrogen-bond donors (Lipinski definition) is 1. The third-order valence-electron chi connectivity index (χ3n) is 2.68. The summed E-state index contributed by atoms with van der Waals surface area (Å²) in [6.45, 7) is 5.88. The summed E-state index contributed by atoms with van der Waals surface area (Å²) in [4.78, 5) is 0. The van der Waals surface area contributed by atoms with Crippen LogP contribution in [0.4, 0.5) is 18.9 Å². The summed E-state index contributed by atoms with van der Waals surface area (Å²) in [7, 11) is 0. The molecule has 1 rings (SSSR count). The molecule has 1 N–H and O–H groups in total. The predicted octanol–water partition coefficient (Wildman–Crippen LogP) is 4.42. The van der Waals surface area contributed by atoms with Gasteiger partial charge in [-0.05, 0) is 37.5 Å². The first kappa shape index (κ1) is 15.4. The second kappa shape index (κ2) is 5.96. The molecular weight excluding hydrogens is 253 g/mol. The van der Waals surface area contributed by atoms with E-state index in [1.54, 1.807) is 6.07 Å². The normalized spacial score (nSPS) is 13.2. The summed E-state index contributed by atoms with van der Waals surface area (Å²) in [6.07, 6.45) is -3.69. The average Bonchev–Trinajstić information content (AvgIpc) is 2.26. The summed E-state index contributed by atoms with van der Waals surface area (Å²) >= 11 is 0. The van der Waals surface area contributed by atoms with Crippen LogP contribution in [0, 0.1) is 17.2 Å². The lowest BCUT2D eigenvalue weighted by Crippen LogP contribution is -2.20. The van der Waals surface area contributed by atoms with Crippen LogP contribution in [0.3, 0.4) is 0 Å². The van der Waals surface area contributed by atoms with Crippen molar-refractivity contribution in [2.45, 2.75) is 39.4 Å². The zero-order valence-electron chi connectivity index (χ0n) is 11.2. The van der Waals surface area contributed by atoms with Crippen LogP contribution < -0.4 is 5.32 Å². The van der Waals surface area contributed by atoms with Crippen LogP contribution in [-0.2, 0) is 6.18 Å². The van der Waals surface area contributed by atoms with Crippen molar-refractivity contribution in [3.8, 4) is 6.07 Å². The molecule has 0 heterocycles. The fourth-order valence-corrected chi connectivity index (χ4v) is 2.01.